The van der Waals surface area contributed by atoms with E-state index in [-0.39, 0.29) is 6.09 Å². The molecule has 0 aliphatic carbocycles. The second-order valence-electron chi connectivity index (χ2n) is 7.67. The summed E-state index contributed by atoms with van der Waals surface area (Å²) in [7, 11) is 0. The molecule has 3 rings (SSSR count). The summed E-state index contributed by atoms with van der Waals surface area (Å²) in [4.78, 5) is 23.0. The first-order valence-electron chi connectivity index (χ1n) is 8.94. The molecule has 0 atom stereocenters. The van der Waals surface area contributed by atoms with Crippen molar-refractivity contribution in [3.05, 3.63) is 29.0 Å². The molecule has 26 heavy (non-hydrogen) atoms. The van der Waals surface area contributed by atoms with Gasteiger partial charge in [-0.1, -0.05) is 15.9 Å². The highest BCUT2D eigenvalue weighted by atomic mass is 79.9. The summed E-state index contributed by atoms with van der Waals surface area (Å²) in [6.07, 6.45) is 3.30. The Morgan fingerprint density at radius 1 is 1.31 bits per heavy atom. The maximum absolute atomic E-state index is 11.8. The minimum atomic E-state index is -0.463. The lowest BCUT2D eigenvalue weighted by Gasteiger charge is -2.33. The van der Waals surface area contributed by atoms with Crippen LogP contribution in [-0.4, -0.2) is 41.3 Å². The summed E-state index contributed by atoms with van der Waals surface area (Å²) in [6.45, 7) is 8.10. The highest BCUT2D eigenvalue weighted by molar-refractivity contribution is 9.10. The molecule has 1 aromatic carbocycles. The van der Waals surface area contributed by atoms with Crippen LogP contribution in [0, 0.1) is 5.92 Å². The molecule has 0 radical (unpaired) electrons. The molecule has 6 nitrogen and oxygen atoms in total. The molecule has 7 heteroatoms. The van der Waals surface area contributed by atoms with Crippen LogP contribution in [-0.2, 0) is 4.74 Å². The predicted octanol–water partition coefficient (Wildman–Crippen LogP) is 4.13. The highest BCUT2D eigenvalue weighted by Gasteiger charge is 2.23. The van der Waals surface area contributed by atoms with Gasteiger partial charge in [-0.25, -0.2) is 14.8 Å². The summed E-state index contributed by atoms with van der Waals surface area (Å²) >= 11 is 3.53. The van der Waals surface area contributed by atoms with Crippen LogP contribution >= 0.6 is 15.9 Å². The van der Waals surface area contributed by atoms with Gasteiger partial charge in [0.2, 0.25) is 0 Å². The highest BCUT2D eigenvalue weighted by Crippen LogP contribution is 2.29. The smallest absolute Gasteiger partial charge is 0.407 e. The molecule has 2 aromatic rings. The topological polar surface area (TPSA) is 67.3 Å². The number of hydrogen-bond acceptors (Lipinski definition) is 5. The van der Waals surface area contributed by atoms with Crippen LogP contribution in [0.4, 0.5) is 10.6 Å². The Kier molecular flexibility index (Phi) is 5.65. The van der Waals surface area contributed by atoms with Gasteiger partial charge in [0.05, 0.1) is 5.52 Å². The van der Waals surface area contributed by atoms with Crippen molar-refractivity contribution in [1.82, 2.24) is 15.3 Å². The number of ether oxygens (including phenoxy) is 1. The second kappa shape index (κ2) is 7.78. The zero-order valence-corrected chi connectivity index (χ0v) is 17.0. The third-order valence-electron chi connectivity index (χ3n) is 4.42. The third kappa shape index (κ3) is 4.84. The van der Waals surface area contributed by atoms with Crippen LogP contribution in [0.5, 0.6) is 0 Å². The number of fused-ring (bicyclic) bond motifs is 1. The number of rotatable bonds is 3. The molecule has 1 amide bonds. The number of aromatic nitrogens is 2. The minimum absolute atomic E-state index is 0.341. The van der Waals surface area contributed by atoms with Gasteiger partial charge in [0.15, 0.2) is 0 Å². The molecule has 0 spiro atoms. The lowest BCUT2D eigenvalue weighted by atomic mass is 9.96. The minimum Gasteiger partial charge on any atom is -0.444 e. The first-order chi connectivity index (χ1) is 12.3. The van der Waals surface area contributed by atoms with Gasteiger partial charge in [-0.3, -0.25) is 0 Å². The van der Waals surface area contributed by atoms with E-state index >= 15 is 0 Å². The Morgan fingerprint density at radius 3 is 2.73 bits per heavy atom. The van der Waals surface area contributed by atoms with Crippen LogP contribution in [0.3, 0.4) is 0 Å². The van der Waals surface area contributed by atoms with Gasteiger partial charge >= 0.3 is 6.09 Å². The van der Waals surface area contributed by atoms with Gasteiger partial charge in [-0.05, 0) is 57.7 Å². The second-order valence-corrected chi connectivity index (χ2v) is 8.59. The summed E-state index contributed by atoms with van der Waals surface area (Å²) in [5.74, 6) is 1.44. The van der Waals surface area contributed by atoms with Gasteiger partial charge in [-0.15, -0.1) is 0 Å². The predicted molar refractivity (Wildman–Crippen MR) is 106 cm³/mol. The number of carbonyl (C=O) groups excluding carboxylic acids is 1. The Hall–Kier alpha value is -1.89. The fourth-order valence-electron chi connectivity index (χ4n) is 3.16. The number of amides is 1. The average Bonchev–Trinajstić information content (AvgIpc) is 2.58. The van der Waals surface area contributed by atoms with E-state index in [9.17, 15) is 4.79 Å². The van der Waals surface area contributed by atoms with E-state index in [1.807, 2.05) is 32.9 Å². The van der Waals surface area contributed by atoms with Crippen LogP contribution in [0.2, 0.25) is 0 Å². The fraction of sp³-hybridized carbons (Fsp3) is 0.526. The lowest BCUT2D eigenvalue weighted by molar-refractivity contribution is 0.0517. The zero-order chi connectivity index (χ0) is 18.7. The summed E-state index contributed by atoms with van der Waals surface area (Å²) in [5.41, 5.74) is 0.488. The van der Waals surface area contributed by atoms with Crippen molar-refractivity contribution in [2.75, 3.05) is 24.5 Å². The fourth-order valence-corrected chi connectivity index (χ4v) is 3.52. The molecular weight excluding hydrogens is 396 g/mol. The SMILES string of the molecule is CC(C)(C)OC(=O)NCC1CCN(c2ncnc3ccc(Br)cc23)CC1. The quantitative estimate of drug-likeness (QED) is 0.807. The van der Waals surface area contributed by atoms with Gasteiger partial charge in [0.1, 0.15) is 17.7 Å². The van der Waals surface area contributed by atoms with E-state index in [0.717, 1.165) is 47.1 Å². The van der Waals surface area contributed by atoms with E-state index in [4.69, 9.17) is 4.74 Å². The number of nitrogens with one attached hydrogen (secondary N) is 1. The molecule has 1 saturated heterocycles. The molecule has 0 bridgehead atoms. The molecule has 1 aliphatic rings. The van der Waals surface area contributed by atoms with Gasteiger partial charge < -0.3 is 15.0 Å². The Balaban J connectivity index is 1.58. The molecule has 0 saturated carbocycles. The number of carbonyl (C=O) groups is 1. The van der Waals surface area contributed by atoms with Crippen molar-refractivity contribution in [2.45, 2.75) is 39.2 Å². The Labute approximate surface area is 162 Å². The van der Waals surface area contributed by atoms with Crippen LogP contribution in [0.15, 0.2) is 29.0 Å². The molecule has 0 unspecified atom stereocenters. The molecule has 1 aliphatic heterocycles. The number of nitrogens with zero attached hydrogens (tertiary/aromatic N) is 3. The number of alkyl carbamates (subject to hydrolysis) is 1. The third-order valence-corrected chi connectivity index (χ3v) is 4.92. The van der Waals surface area contributed by atoms with Crippen molar-refractivity contribution >= 4 is 38.7 Å². The summed E-state index contributed by atoms with van der Waals surface area (Å²) in [5, 5.41) is 3.95. The largest absolute Gasteiger partial charge is 0.444 e. The maximum atomic E-state index is 11.8. The van der Waals surface area contributed by atoms with Crippen LogP contribution < -0.4 is 10.2 Å². The Bertz CT molecular complexity index is 783. The van der Waals surface area contributed by atoms with Gasteiger partial charge in [-0.2, -0.15) is 0 Å². The van der Waals surface area contributed by atoms with E-state index in [1.54, 1.807) is 6.33 Å². The first kappa shape index (κ1) is 18.9. The number of hydrogen-bond donors (Lipinski definition) is 1. The van der Waals surface area contributed by atoms with Gasteiger partial charge in [0, 0.05) is 29.5 Å². The Morgan fingerprint density at radius 2 is 2.04 bits per heavy atom. The monoisotopic (exact) mass is 420 g/mol. The lowest BCUT2D eigenvalue weighted by Crippen LogP contribution is -2.40. The molecule has 140 valence electrons. The summed E-state index contributed by atoms with van der Waals surface area (Å²) in [6, 6.07) is 6.07. The number of piperidine rings is 1. The maximum Gasteiger partial charge on any atom is 0.407 e. The first-order valence-corrected chi connectivity index (χ1v) is 9.73. The van der Waals surface area contributed by atoms with Gasteiger partial charge in [0.25, 0.3) is 0 Å². The number of benzene rings is 1. The van der Waals surface area contributed by atoms with Crippen LogP contribution in [0.25, 0.3) is 10.9 Å². The molecule has 1 aromatic heterocycles. The average molecular weight is 421 g/mol. The van der Waals surface area contributed by atoms with E-state index in [1.165, 1.54) is 0 Å². The standard InChI is InChI=1S/C19H25BrN4O2/c1-19(2,3)26-18(25)21-11-13-6-8-24(9-7-13)17-15-10-14(20)4-5-16(15)22-12-23-17/h4-5,10,12-13H,6-9,11H2,1-3H3,(H,21,25). The zero-order valence-electron chi connectivity index (χ0n) is 15.5. The van der Waals surface area contributed by atoms with E-state index in [0.29, 0.717) is 12.5 Å². The van der Waals surface area contributed by atoms with Crippen molar-refractivity contribution in [2.24, 2.45) is 5.92 Å². The van der Waals surface area contributed by atoms with E-state index in [2.05, 4.69) is 42.2 Å². The van der Waals surface area contributed by atoms with Crippen LogP contribution in [0.1, 0.15) is 33.6 Å². The molecule has 1 N–H and O–H groups in total. The molecular formula is C19H25BrN4O2. The van der Waals surface area contributed by atoms with Crippen molar-refractivity contribution in [3.63, 3.8) is 0 Å². The van der Waals surface area contributed by atoms with E-state index < -0.39 is 5.60 Å². The van der Waals surface area contributed by atoms with Crippen molar-refractivity contribution in [3.8, 4) is 0 Å². The van der Waals surface area contributed by atoms with Crippen molar-refractivity contribution in [1.29, 1.82) is 0 Å². The molecule has 1 fully saturated rings. The number of halogens is 1. The van der Waals surface area contributed by atoms with Crippen molar-refractivity contribution < 1.29 is 9.53 Å². The normalized spacial score (nSPS) is 15.9. The molecule has 2 heterocycles. The summed E-state index contributed by atoms with van der Waals surface area (Å²) < 4.78 is 6.32. The number of anilines is 1.